The lowest BCUT2D eigenvalue weighted by Gasteiger charge is -2.47. The standard InChI is InChI=1S/C47H51F5N16O4S2/c1-26(2)65-23-35(47(50,51)52)58-40(65)31-9-7-29(8-10-31)21-62-13-5-16-67(72-42-36(39-55-25-57-45(62)59-39)37(30-11-12-30)54-24-56-42)46(69)68-27(3)19-63(20-28(68)4)33-17-32(74(70,71)64-14-6-15-64)22-66-34(18-53-41(33)66)43-60-61-44(73-43)38(48)49/h7-10,17-18,23-28,30,32,38H,5-6,11-16,19-22H2,1-4H3. The number of urea groups is 1. The van der Waals surface area contributed by atoms with E-state index in [1.54, 1.807) is 41.5 Å². The van der Waals surface area contributed by atoms with Crippen LogP contribution < -0.4 is 9.74 Å². The molecule has 0 N–H and O–H groups in total. The van der Waals surface area contributed by atoms with Crippen LogP contribution in [-0.2, 0) is 29.3 Å². The molecule has 74 heavy (non-hydrogen) atoms. The van der Waals surface area contributed by atoms with Crippen LogP contribution in [0.25, 0.3) is 39.2 Å². The molecular formula is C47H51F5N16O4S2. The third-order valence-corrected chi connectivity index (χ3v) is 17.0. The number of hydrogen-bond acceptors (Lipinski definition) is 16. The van der Waals surface area contributed by atoms with Crippen molar-refractivity contribution in [2.75, 3.05) is 44.2 Å². The van der Waals surface area contributed by atoms with Crippen molar-refractivity contribution >= 4 is 39.0 Å². The van der Waals surface area contributed by atoms with Crippen LogP contribution in [0.1, 0.15) is 99.5 Å². The molecule has 5 aromatic heterocycles. The van der Waals surface area contributed by atoms with Gasteiger partial charge in [0.15, 0.2) is 27.4 Å². The number of halogens is 5. The summed E-state index contributed by atoms with van der Waals surface area (Å²) in [6, 6.07) is 5.50. The Morgan fingerprint density at radius 1 is 0.878 bits per heavy atom. The van der Waals surface area contributed by atoms with Gasteiger partial charge in [-0.15, -0.1) is 10.2 Å². The van der Waals surface area contributed by atoms with Gasteiger partial charge in [-0.3, -0.25) is 0 Å². The molecule has 3 fully saturated rings. The average molecular weight is 1060 g/mol. The number of amides is 2. The number of rotatable bonds is 10. The zero-order valence-corrected chi connectivity index (χ0v) is 42.3. The lowest BCUT2D eigenvalue weighted by atomic mass is 10.1. The Bertz CT molecular complexity index is 3220. The summed E-state index contributed by atoms with van der Waals surface area (Å²) in [5.41, 5.74) is 2.40. The minimum absolute atomic E-state index is 0.00482. The van der Waals surface area contributed by atoms with E-state index in [4.69, 9.17) is 14.8 Å². The Morgan fingerprint density at radius 3 is 2.27 bits per heavy atom. The molecule has 5 aliphatic rings. The first-order valence-electron chi connectivity index (χ1n) is 24.4. The highest BCUT2D eigenvalue weighted by molar-refractivity contribution is 7.90. The number of hydroxylamine groups is 2. The van der Waals surface area contributed by atoms with Crippen LogP contribution in [0.4, 0.5) is 32.7 Å². The highest BCUT2D eigenvalue weighted by atomic mass is 32.2. The van der Waals surface area contributed by atoms with Crippen LogP contribution in [0.15, 0.2) is 55.4 Å². The van der Waals surface area contributed by atoms with E-state index in [1.807, 2.05) is 35.8 Å². The number of piperazine rings is 1. The first-order chi connectivity index (χ1) is 35.4. The molecule has 3 unspecified atom stereocenters. The maximum Gasteiger partial charge on any atom is 0.434 e. The quantitative estimate of drug-likeness (QED) is 0.124. The number of anilines is 1. The Balaban J connectivity index is 0.874. The fourth-order valence-corrected chi connectivity index (χ4v) is 12.5. The van der Waals surface area contributed by atoms with Gasteiger partial charge in [0.25, 0.3) is 12.3 Å². The number of alkyl halides is 5. The molecule has 1 saturated carbocycles. The van der Waals surface area contributed by atoms with E-state index in [-0.39, 0.29) is 60.7 Å². The smallest absolute Gasteiger partial charge is 0.365 e. The number of carbonyl (C=O) groups excluding carboxylic acids is 1. The number of aromatic nitrogens is 11. The van der Waals surface area contributed by atoms with Crippen LogP contribution >= 0.6 is 11.3 Å². The third kappa shape index (κ3) is 9.30. The lowest BCUT2D eigenvalue weighted by molar-refractivity contribution is -0.140. The molecule has 0 spiro atoms. The summed E-state index contributed by atoms with van der Waals surface area (Å²) in [7, 11) is -3.81. The number of nitrogens with zero attached hydrogens (tertiary/aromatic N) is 16. The molecule has 27 heteroatoms. The van der Waals surface area contributed by atoms with E-state index in [0.29, 0.717) is 72.6 Å². The summed E-state index contributed by atoms with van der Waals surface area (Å²) in [6.45, 7) is 9.47. The Morgan fingerprint density at radius 2 is 1.61 bits per heavy atom. The normalized spacial score (nSPS) is 20.7. The van der Waals surface area contributed by atoms with Gasteiger partial charge in [0.2, 0.25) is 16.0 Å². The summed E-state index contributed by atoms with van der Waals surface area (Å²) in [4.78, 5) is 59.3. The van der Waals surface area contributed by atoms with Gasteiger partial charge >= 0.3 is 12.2 Å². The molecule has 2 saturated heterocycles. The first kappa shape index (κ1) is 49.5. The van der Waals surface area contributed by atoms with E-state index >= 15 is 4.79 Å². The minimum Gasteiger partial charge on any atom is -0.365 e. The van der Waals surface area contributed by atoms with Crippen molar-refractivity contribution < 1.29 is 40.0 Å². The summed E-state index contributed by atoms with van der Waals surface area (Å²) in [5.74, 6) is 1.46. The fraction of sp³-hybridized carbons (Fsp3) is 0.489. The van der Waals surface area contributed by atoms with Crippen molar-refractivity contribution in [3.05, 3.63) is 83.2 Å². The van der Waals surface area contributed by atoms with Gasteiger partial charge in [0.1, 0.15) is 29.3 Å². The predicted octanol–water partition coefficient (Wildman–Crippen LogP) is 7.30. The van der Waals surface area contributed by atoms with Gasteiger partial charge in [-0.05, 0) is 65.0 Å². The summed E-state index contributed by atoms with van der Waals surface area (Å²) in [5, 5.41) is 7.72. The zero-order chi connectivity index (χ0) is 51.8. The number of carbonyl (C=O) groups is 1. The number of fused-ring (bicyclic) bond motifs is 5. The molecule has 11 rings (SSSR count). The lowest BCUT2D eigenvalue weighted by Crippen LogP contribution is -2.61. The van der Waals surface area contributed by atoms with Crippen LogP contribution in [0.3, 0.4) is 0 Å². The monoisotopic (exact) mass is 1060 g/mol. The number of benzene rings is 1. The molecule has 1 aromatic carbocycles. The highest BCUT2D eigenvalue weighted by Crippen LogP contribution is 2.46. The second-order valence-electron chi connectivity index (χ2n) is 19.4. The molecule has 20 nitrogen and oxygen atoms in total. The molecule has 1 aliphatic carbocycles. The number of sulfonamides is 1. The minimum atomic E-state index is -4.60. The third-order valence-electron chi connectivity index (χ3n) is 13.9. The summed E-state index contributed by atoms with van der Waals surface area (Å²) in [6.07, 6.45) is 2.51. The number of hydrogen-bond donors (Lipinski definition) is 0. The second kappa shape index (κ2) is 19.2. The van der Waals surface area contributed by atoms with Gasteiger partial charge in [-0.1, -0.05) is 35.6 Å². The van der Waals surface area contributed by atoms with E-state index in [2.05, 4.69) is 35.1 Å². The molecule has 9 heterocycles. The largest absolute Gasteiger partial charge is 0.434 e. The highest BCUT2D eigenvalue weighted by Gasteiger charge is 2.44. The molecule has 6 aromatic rings. The predicted molar refractivity (Wildman–Crippen MR) is 260 cm³/mol. The van der Waals surface area contributed by atoms with E-state index in [0.717, 1.165) is 42.4 Å². The first-order valence-corrected chi connectivity index (χ1v) is 26.7. The van der Waals surface area contributed by atoms with E-state index < -0.39 is 56.7 Å². The summed E-state index contributed by atoms with van der Waals surface area (Å²) < 4.78 is 101. The van der Waals surface area contributed by atoms with Crippen molar-refractivity contribution in [1.29, 1.82) is 0 Å². The second-order valence-corrected chi connectivity index (χ2v) is 22.6. The summed E-state index contributed by atoms with van der Waals surface area (Å²) >= 11 is 0.725. The average Bonchev–Trinajstić information content (AvgIpc) is 3.67. The van der Waals surface area contributed by atoms with Crippen LogP contribution in [0, 0.1) is 0 Å². The van der Waals surface area contributed by atoms with Crippen molar-refractivity contribution in [2.45, 2.75) is 108 Å². The van der Waals surface area contributed by atoms with Crippen LogP contribution in [0.2, 0.25) is 0 Å². The van der Waals surface area contributed by atoms with E-state index in [9.17, 15) is 30.4 Å². The Labute approximate surface area is 426 Å². The van der Waals surface area contributed by atoms with Gasteiger partial charge in [-0.25, -0.2) is 51.2 Å². The van der Waals surface area contributed by atoms with Gasteiger partial charge in [0.05, 0.1) is 29.8 Å². The SMILES string of the molecule is CC1CN(C2=CC(S(=O)(=O)N3CCC3)Cn3c(-c4nnc(C(F)F)s4)cnc32)CC(C)N1C(=O)N1CCCN(Cc2ccc(-c3nc(C(F)(F)F)cn3C(C)C)cc2)c2ncnc(n2)-c2c(ncnc2C2CC2)O1. The fourth-order valence-electron chi connectivity index (χ4n) is 9.98. The molecule has 3 atom stereocenters. The van der Waals surface area contributed by atoms with Crippen molar-refractivity contribution in [3.63, 3.8) is 0 Å². The van der Waals surface area contributed by atoms with Crippen LogP contribution in [0.5, 0.6) is 5.88 Å². The molecule has 2 bridgehead atoms. The maximum absolute atomic E-state index is 15.1. The van der Waals surface area contributed by atoms with Gasteiger partial charge < -0.3 is 28.7 Å². The molecule has 390 valence electrons. The molecule has 4 aliphatic heterocycles. The van der Waals surface area contributed by atoms with E-state index in [1.165, 1.54) is 32.8 Å². The molecule has 2 amide bonds. The van der Waals surface area contributed by atoms with Gasteiger partial charge in [-0.2, -0.15) is 28.2 Å². The molecule has 0 radical (unpaired) electrons. The number of imidazole rings is 2. The Kier molecular flexibility index (Phi) is 12.8. The Hall–Kier alpha value is -6.74. The zero-order valence-electron chi connectivity index (χ0n) is 40.6. The van der Waals surface area contributed by atoms with Crippen LogP contribution in [-0.4, -0.2) is 144 Å². The topological polar surface area (TPSA) is 203 Å². The van der Waals surface area contributed by atoms with Crippen molar-refractivity contribution in [1.82, 2.24) is 73.4 Å². The molecular weight excluding hydrogens is 1010 g/mol. The maximum atomic E-state index is 15.1. The van der Waals surface area contributed by atoms with Gasteiger partial charge in [0, 0.05) is 81.6 Å². The van der Waals surface area contributed by atoms with Crippen molar-refractivity contribution in [3.8, 4) is 39.4 Å². The van der Waals surface area contributed by atoms with Crippen molar-refractivity contribution in [2.24, 2.45) is 0 Å².